The molecule has 0 fully saturated rings. The minimum absolute atomic E-state index is 0.0288. The van der Waals surface area contributed by atoms with Crippen molar-refractivity contribution in [3.8, 4) is 0 Å². The zero-order chi connectivity index (χ0) is 45.8. The molecule has 5 aromatic carbocycles. The number of ketones is 2. The van der Waals surface area contributed by atoms with Crippen molar-refractivity contribution in [3.63, 3.8) is 0 Å². The molecule has 63 heavy (non-hydrogen) atoms. The molecule has 0 spiro atoms. The summed E-state index contributed by atoms with van der Waals surface area (Å²) < 4.78 is 0. The van der Waals surface area contributed by atoms with E-state index in [1.54, 1.807) is 43.3 Å². The van der Waals surface area contributed by atoms with Crippen LogP contribution < -0.4 is 21.3 Å². The predicted molar refractivity (Wildman–Crippen MR) is 247 cm³/mol. The molecule has 3 atom stereocenters. The van der Waals surface area contributed by atoms with Crippen LogP contribution in [0.25, 0.3) is 0 Å². The summed E-state index contributed by atoms with van der Waals surface area (Å²) >= 11 is 31.3. The molecule has 5 aromatic rings. The summed E-state index contributed by atoms with van der Waals surface area (Å²) in [7, 11) is 0. The van der Waals surface area contributed by atoms with Gasteiger partial charge in [-0.05, 0) is 104 Å². The number of rotatable bonds is 17. The smallest absolute Gasteiger partial charge is 0.258 e. The molecule has 0 aliphatic carbocycles. The molecular weight excluding hydrogens is 914 g/mol. The van der Waals surface area contributed by atoms with Crippen LogP contribution in [0.4, 0.5) is 34.1 Å². The van der Waals surface area contributed by atoms with E-state index in [4.69, 9.17) is 58.0 Å². The van der Waals surface area contributed by atoms with Crippen molar-refractivity contribution in [1.29, 1.82) is 0 Å². The number of hydrogen-bond acceptors (Lipinski definition) is 10. The largest absolute Gasteiger partial charge is 0.324 e. The Labute approximate surface area is 386 Å². The summed E-state index contributed by atoms with van der Waals surface area (Å²) in [6.45, 7) is 3.92. The molecule has 0 heterocycles. The van der Waals surface area contributed by atoms with E-state index in [-0.39, 0.29) is 55.7 Å². The van der Waals surface area contributed by atoms with E-state index in [0.717, 1.165) is 25.0 Å². The molecule has 0 aliphatic rings. The van der Waals surface area contributed by atoms with Gasteiger partial charge in [0.25, 0.3) is 23.6 Å². The SMILES string of the molecule is CC(=O)C(N=Nc1cccc(C(=O)Nc2cccc(CCl)c2)c1Cl)C(=O)Nc1ccc(NC(=O)C(N=Nc2cccc(C(=O)Nc3cccc(CCl)c3)c2Cl)C(C)=O)c(C(C)Cl)c1. The van der Waals surface area contributed by atoms with Crippen LogP contribution in [0.15, 0.2) is 124 Å². The Hall–Kier alpha value is -6.03. The highest BCUT2D eigenvalue weighted by atomic mass is 35.5. The van der Waals surface area contributed by atoms with Gasteiger partial charge in [0.2, 0.25) is 12.1 Å². The first kappa shape index (κ1) is 48.0. The van der Waals surface area contributed by atoms with Crippen LogP contribution >= 0.6 is 58.0 Å². The van der Waals surface area contributed by atoms with E-state index in [0.29, 0.717) is 16.9 Å². The Morgan fingerprint density at radius 1 is 0.556 bits per heavy atom. The number of nitrogens with one attached hydrogen (secondary N) is 4. The van der Waals surface area contributed by atoms with Crippen LogP contribution in [0, 0.1) is 0 Å². The molecule has 14 nitrogen and oxygen atoms in total. The molecule has 4 amide bonds. The number of nitrogens with zero attached hydrogens (tertiary/aromatic N) is 4. The van der Waals surface area contributed by atoms with Gasteiger partial charge in [-0.2, -0.15) is 20.5 Å². The van der Waals surface area contributed by atoms with Crippen LogP contribution in [0.5, 0.6) is 0 Å². The number of Topliss-reactive ketones (excluding diaryl/α,β-unsaturated/α-hetero) is 2. The average Bonchev–Trinajstić information content (AvgIpc) is 3.25. The van der Waals surface area contributed by atoms with Gasteiger partial charge in [0.1, 0.15) is 11.4 Å². The van der Waals surface area contributed by atoms with Crippen molar-refractivity contribution in [2.45, 2.75) is 50.0 Å². The van der Waals surface area contributed by atoms with Gasteiger partial charge in [0.05, 0.1) is 26.5 Å². The maximum Gasteiger partial charge on any atom is 0.258 e. The Morgan fingerprint density at radius 3 is 1.41 bits per heavy atom. The molecule has 0 aliphatic heterocycles. The molecule has 5 rings (SSSR count). The number of amides is 4. The molecule has 0 saturated heterocycles. The first-order valence-electron chi connectivity index (χ1n) is 18.8. The topological polar surface area (TPSA) is 200 Å². The minimum atomic E-state index is -1.63. The Kier molecular flexibility index (Phi) is 17.0. The molecule has 4 N–H and O–H groups in total. The molecule has 0 radical (unpaired) electrons. The van der Waals surface area contributed by atoms with Crippen molar-refractivity contribution in [3.05, 3.63) is 141 Å². The number of anilines is 4. The van der Waals surface area contributed by atoms with Crippen molar-refractivity contribution in [2.75, 3.05) is 21.3 Å². The first-order valence-corrected chi connectivity index (χ1v) is 21.1. The van der Waals surface area contributed by atoms with E-state index in [9.17, 15) is 28.8 Å². The molecular formula is C44H37Cl5N8O6. The fourth-order valence-corrected chi connectivity index (χ4v) is 6.79. The van der Waals surface area contributed by atoms with Crippen molar-refractivity contribution in [2.24, 2.45) is 20.5 Å². The molecule has 19 heteroatoms. The lowest BCUT2D eigenvalue weighted by atomic mass is 10.1. The number of carbonyl (C=O) groups excluding carboxylic acids is 6. The fraction of sp³-hybridized carbons (Fsp3) is 0.182. The summed E-state index contributed by atoms with van der Waals surface area (Å²) in [6, 6.07) is 23.9. The normalized spacial score (nSPS) is 12.6. The molecule has 0 bridgehead atoms. The van der Waals surface area contributed by atoms with Gasteiger partial charge >= 0.3 is 0 Å². The van der Waals surface area contributed by atoms with Gasteiger partial charge in [-0.15, -0.1) is 34.8 Å². The van der Waals surface area contributed by atoms with Crippen LogP contribution in [0.1, 0.15) is 63.6 Å². The summed E-state index contributed by atoms with van der Waals surface area (Å²) in [5.74, 6) is -3.56. The maximum absolute atomic E-state index is 13.5. The Morgan fingerprint density at radius 2 is 0.984 bits per heavy atom. The van der Waals surface area contributed by atoms with Gasteiger partial charge in [-0.1, -0.05) is 59.6 Å². The van der Waals surface area contributed by atoms with Crippen LogP contribution in [-0.4, -0.2) is 47.3 Å². The highest BCUT2D eigenvalue weighted by Gasteiger charge is 2.27. The minimum Gasteiger partial charge on any atom is -0.324 e. The predicted octanol–water partition coefficient (Wildman–Crippen LogP) is 11.6. The number of azo groups is 2. The van der Waals surface area contributed by atoms with Gasteiger partial charge in [-0.25, -0.2) is 0 Å². The van der Waals surface area contributed by atoms with E-state index in [2.05, 4.69) is 41.7 Å². The van der Waals surface area contributed by atoms with Crippen molar-refractivity contribution in [1.82, 2.24) is 0 Å². The van der Waals surface area contributed by atoms with E-state index in [1.165, 1.54) is 54.6 Å². The number of halogens is 5. The van der Waals surface area contributed by atoms with Crippen LogP contribution in [0.2, 0.25) is 10.0 Å². The molecule has 0 aromatic heterocycles. The number of alkyl halides is 3. The average molecular weight is 951 g/mol. The standard InChI is InChI=1S/C44H37Cl5N8O6/c1-23(47)33-20-30(52-43(62)39(24(2)58)56-54-35-14-6-12-31(37(35)48)41(60)50-28-10-4-8-26(18-28)21-45)16-17-34(33)53-44(63)40(25(3)59)57-55-36-15-7-13-32(38(36)49)42(61)51-29-11-5-9-27(19-29)22-46/h4-20,23,39-40H,21-22H2,1-3H3,(H,50,60)(H,51,61)(H,52,62)(H,53,63). The van der Waals surface area contributed by atoms with E-state index >= 15 is 0 Å². The highest BCUT2D eigenvalue weighted by Crippen LogP contribution is 2.33. The van der Waals surface area contributed by atoms with Crippen molar-refractivity contribution < 1.29 is 28.8 Å². The lowest BCUT2D eigenvalue weighted by Gasteiger charge is -2.17. The number of benzene rings is 5. The van der Waals surface area contributed by atoms with Gasteiger partial charge in [-0.3, -0.25) is 28.8 Å². The monoisotopic (exact) mass is 948 g/mol. The maximum atomic E-state index is 13.5. The lowest BCUT2D eigenvalue weighted by Crippen LogP contribution is -2.32. The zero-order valence-electron chi connectivity index (χ0n) is 33.6. The second kappa shape index (κ2) is 22.4. The number of hydrogen-bond donors (Lipinski definition) is 4. The Bertz CT molecular complexity index is 2640. The quantitative estimate of drug-likeness (QED) is 0.0406. The fourth-order valence-electron chi connectivity index (χ4n) is 5.78. The Balaban J connectivity index is 1.28. The third-order valence-electron chi connectivity index (χ3n) is 8.96. The van der Waals surface area contributed by atoms with Gasteiger partial charge in [0, 0.05) is 34.5 Å². The number of carbonyl (C=O) groups is 6. The highest BCUT2D eigenvalue weighted by molar-refractivity contribution is 6.37. The lowest BCUT2D eigenvalue weighted by molar-refractivity contribution is -0.127. The summed E-state index contributed by atoms with van der Waals surface area (Å²) in [5.41, 5.74) is 3.50. The van der Waals surface area contributed by atoms with Gasteiger partial charge < -0.3 is 21.3 Å². The molecule has 324 valence electrons. The summed E-state index contributed by atoms with van der Waals surface area (Å²) in [6.07, 6.45) is 0. The van der Waals surface area contributed by atoms with E-state index < -0.39 is 52.7 Å². The van der Waals surface area contributed by atoms with Gasteiger partial charge in [0.15, 0.2) is 11.6 Å². The van der Waals surface area contributed by atoms with Crippen molar-refractivity contribution >= 4 is 127 Å². The van der Waals surface area contributed by atoms with E-state index in [1.807, 2.05) is 12.1 Å². The first-order chi connectivity index (χ1) is 30.1. The summed E-state index contributed by atoms with van der Waals surface area (Å²) in [5, 5.41) is 25.9. The molecule has 0 saturated carbocycles. The second-order valence-corrected chi connectivity index (χ2v) is 15.7. The molecule has 3 unspecified atom stereocenters. The summed E-state index contributed by atoms with van der Waals surface area (Å²) in [4.78, 5) is 78.2. The second-order valence-electron chi connectivity index (χ2n) is 13.7. The zero-order valence-corrected chi connectivity index (χ0v) is 37.4. The van der Waals surface area contributed by atoms with Crippen LogP contribution in [-0.2, 0) is 30.9 Å². The third-order valence-corrected chi connectivity index (χ3v) is 10.6. The third kappa shape index (κ3) is 12.8. The van der Waals surface area contributed by atoms with Crippen LogP contribution in [0.3, 0.4) is 0 Å².